The molecule has 80 valence electrons. The van der Waals surface area contributed by atoms with Crippen molar-refractivity contribution in [2.24, 2.45) is 0 Å². The molecule has 0 bridgehead atoms. The van der Waals surface area contributed by atoms with Gasteiger partial charge in [0.25, 0.3) is 5.91 Å². The van der Waals surface area contributed by atoms with Crippen LogP contribution in [0.1, 0.15) is 40.9 Å². The highest BCUT2D eigenvalue weighted by molar-refractivity contribution is 6.00. The van der Waals surface area contributed by atoms with Gasteiger partial charge in [0.15, 0.2) is 0 Å². The van der Waals surface area contributed by atoms with E-state index < -0.39 is 0 Å². The topological polar surface area (TPSA) is 20.3 Å². The number of aryl methyl sites for hydroxylation is 2. The van der Waals surface area contributed by atoms with E-state index in [-0.39, 0.29) is 11.4 Å². The van der Waals surface area contributed by atoms with Crippen LogP contribution in [0.25, 0.3) is 0 Å². The van der Waals surface area contributed by atoms with Crippen LogP contribution in [0.5, 0.6) is 0 Å². The van der Waals surface area contributed by atoms with Crippen molar-refractivity contribution in [3.63, 3.8) is 0 Å². The maximum atomic E-state index is 12.0. The highest BCUT2D eigenvalue weighted by Gasteiger charge is 2.41. The fourth-order valence-corrected chi connectivity index (χ4v) is 2.55. The molecule has 2 rings (SSSR count). The van der Waals surface area contributed by atoms with Crippen LogP contribution in [0, 0.1) is 13.8 Å². The molecule has 1 aromatic rings. The summed E-state index contributed by atoms with van der Waals surface area (Å²) in [6.45, 7) is 8.31. The molecule has 0 N–H and O–H groups in total. The molecule has 0 saturated carbocycles. The van der Waals surface area contributed by atoms with E-state index in [9.17, 15) is 4.79 Å². The Morgan fingerprint density at radius 3 is 2.40 bits per heavy atom. The van der Waals surface area contributed by atoms with Crippen molar-refractivity contribution in [1.82, 2.24) is 4.90 Å². The molecule has 1 aliphatic rings. The molecule has 0 aromatic heterocycles. The van der Waals surface area contributed by atoms with Crippen LogP contribution >= 0.6 is 0 Å². The van der Waals surface area contributed by atoms with Crippen molar-refractivity contribution >= 4 is 5.91 Å². The molecule has 1 aromatic carbocycles. The minimum atomic E-state index is -0.176. The first-order valence-corrected chi connectivity index (χ1v) is 5.25. The molecule has 0 saturated heterocycles. The minimum Gasteiger partial charge on any atom is -0.332 e. The van der Waals surface area contributed by atoms with Crippen molar-refractivity contribution in [2.45, 2.75) is 33.2 Å². The summed E-state index contributed by atoms with van der Waals surface area (Å²) in [5.41, 5.74) is 4.25. The van der Waals surface area contributed by atoms with Crippen molar-refractivity contribution < 1.29 is 4.79 Å². The number of carbonyl (C=O) groups is 1. The fourth-order valence-electron chi connectivity index (χ4n) is 2.55. The van der Waals surface area contributed by atoms with Gasteiger partial charge >= 0.3 is 0 Å². The van der Waals surface area contributed by atoms with Gasteiger partial charge < -0.3 is 4.90 Å². The van der Waals surface area contributed by atoms with Crippen LogP contribution < -0.4 is 0 Å². The second kappa shape index (κ2) is 2.84. The van der Waals surface area contributed by atoms with Crippen LogP contribution in [0.3, 0.4) is 0 Å². The van der Waals surface area contributed by atoms with E-state index in [4.69, 9.17) is 0 Å². The van der Waals surface area contributed by atoms with Gasteiger partial charge in [0.2, 0.25) is 0 Å². The van der Waals surface area contributed by atoms with Gasteiger partial charge in [-0.2, -0.15) is 0 Å². The van der Waals surface area contributed by atoms with Gasteiger partial charge in [0.1, 0.15) is 0 Å². The molecular formula is C13H17NO. The summed E-state index contributed by atoms with van der Waals surface area (Å²) >= 11 is 0. The van der Waals surface area contributed by atoms with E-state index in [1.807, 2.05) is 24.9 Å². The largest absolute Gasteiger partial charge is 0.332 e. The first-order chi connectivity index (χ1) is 6.85. The third kappa shape index (κ3) is 1.21. The van der Waals surface area contributed by atoms with Crippen molar-refractivity contribution in [2.75, 3.05) is 7.05 Å². The predicted molar refractivity (Wildman–Crippen MR) is 61.0 cm³/mol. The number of amides is 1. The van der Waals surface area contributed by atoms with Gasteiger partial charge in [0, 0.05) is 12.6 Å². The van der Waals surface area contributed by atoms with Crippen molar-refractivity contribution in [3.05, 3.63) is 34.4 Å². The monoisotopic (exact) mass is 203 g/mol. The second-order valence-corrected chi connectivity index (χ2v) is 4.93. The Balaban J connectivity index is 2.77. The molecule has 0 fully saturated rings. The van der Waals surface area contributed by atoms with Gasteiger partial charge in [-0.15, -0.1) is 0 Å². The number of hydrogen-bond acceptors (Lipinski definition) is 1. The summed E-state index contributed by atoms with van der Waals surface area (Å²) in [4.78, 5) is 13.9. The number of benzene rings is 1. The highest BCUT2D eigenvalue weighted by Crippen LogP contribution is 2.39. The molecule has 1 amide bonds. The van der Waals surface area contributed by atoms with E-state index in [1.165, 1.54) is 11.1 Å². The average Bonchev–Trinajstić information content (AvgIpc) is 2.27. The second-order valence-electron chi connectivity index (χ2n) is 4.93. The van der Waals surface area contributed by atoms with Gasteiger partial charge in [-0.3, -0.25) is 4.79 Å². The van der Waals surface area contributed by atoms with Crippen LogP contribution in [-0.2, 0) is 5.54 Å². The smallest absolute Gasteiger partial charge is 0.254 e. The van der Waals surface area contributed by atoms with Crippen LogP contribution in [0.15, 0.2) is 12.1 Å². The predicted octanol–water partition coefficient (Wildman–Crippen LogP) is 2.62. The lowest BCUT2D eigenvalue weighted by Gasteiger charge is -2.29. The SMILES string of the molecule is Cc1cc(C)c2c(c1)C(=O)N(C)C2(C)C. The molecule has 15 heavy (non-hydrogen) atoms. The summed E-state index contributed by atoms with van der Waals surface area (Å²) in [5.74, 6) is 0.141. The number of fused-ring (bicyclic) bond motifs is 1. The Morgan fingerprint density at radius 2 is 1.80 bits per heavy atom. The van der Waals surface area contributed by atoms with E-state index in [1.54, 1.807) is 0 Å². The molecule has 0 unspecified atom stereocenters. The van der Waals surface area contributed by atoms with Gasteiger partial charge in [-0.25, -0.2) is 0 Å². The number of nitrogens with zero attached hydrogens (tertiary/aromatic N) is 1. The Hall–Kier alpha value is -1.31. The van der Waals surface area contributed by atoms with Gasteiger partial charge in [0.05, 0.1) is 5.54 Å². The Kier molecular flexibility index (Phi) is 1.94. The molecule has 0 spiro atoms. The lowest BCUT2D eigenvalue weighted by Crippen LogP contribution is -2.35. The summed E-state index contributed by atoms with van der Waals surface area (Å²) in [7, 11) is 1.87. The standard InChI is InChI=1S/C13H17NO/c1-8-6-9(2)11-10(7-8)12(15)14(5)13(11,3)4/h6-7H,1-5H3. The summed E-state index contributed by atoms with van der Waals surface area (Å²) in [6, 6.07) is 4.14. The minimum absolute atomic E-state index is 0.141. The quantitative estimate of drug-likeness (QED) is 0.634. The number of carbonyl (C=O) groups excluding carboxylic acids is 1. The Morgan fingerprint density at radius 1 is 1.20 bits per heavy atom. The van der Waals surface area contributed by atoms with Crippen LogP contribution in [-0.4, -0.2) is 17.9 Å². The summed E-state index contributed by atoms with van der Waals surface area (Å²) in [5, 5.41) is 0. The average molecular weight is 203 g/mol. The van der Waals surface area contributed by atoms with Crippen LogP contribution in [0.4, 0.5) is 0 Å². The van der Waals surface area contributed by atoms with Gasteiger partial charge in [-0.05, 0) is 44.9 Å². The van der Waals surface area contributed by atoms with E-state index in [0.717, 1.165) is 11.1 Å². The maximum absolute atomic E-state index is 12.0. The molecule has 2 heteroatoms. The maximum Gasteiger partial charge on any atom is 0.254 e. The van der Waals surface area contributed by atoms with E-state index >= 15 is 0 Å². The zero-order valence-corrected chi connectivity index (χ0v) is 10.0. The normalized spacial score (nSPS) is 18.2. The van der Waals surface area contributed by atoms with E-state index in [2.05, 4.69) is 26.8 Å². The Bertz CT molecular complexity index is 446. The van der Waals surface area contributed by atoms with E-state index in [0.29, 0.717) is 0 Å². The molecule has 0 radical (unpaired) electrons. The Labute approximate surface area is 90.9 Å². The molecule has 0 aliphatic carbocycles. The van der Waals surface area contributed by atoms with Crippen molar-refractivity contribution in [1.29, 1.82) is 0 Å². The third-order valence-electron chi connectivity index (χ3n) is 3.47. The van der Waals surface area contributed by atoms with Crippen molar-refractivity contribution in [3.8, 4) is 0 Å². The molecular weight excluding hydrogens is 186 g/mol. The first kappa shape index (κ1) is 10.2. The highest BCUT2D eigenvalue weighted by atomic mass is 16.2. The zero-order chi connectivity index (χ0) is 11.4. The molecule has 2 nitrogen and oxygen atoms in total. The van der Waals surface area contributed by atoms with Crippen LogP contribution in [0.2, 0.25) is 0 Å². The molecule has 1 heterocycles. The number of hydrogen-bond donors (Lipinski definition) is 0. The lowest BCUT2D eigenvalue weighted by atomic mass is 9.89. The lowest BCUT2D eigenvalue weighted by molar-refractivity contribution is 0.0691. The first-order valence-electron chi connectivity index (χ1n) is 5.25. The molecule has 0 atom stereocenters. The summed E-state index contributed by atoms with van der Waals surface area (Å²) < 4.78 is 0. The third-order valence-corrected chi connectivity index (χ3v) is 3.47. The number of rotatable bonds is 0. The fraction of sp³-hybridized carbons (Fsp3) is 0.462. The van der Waals surface area contributed by atoms with Gasteiger partial charge in [-0.1, -0.05) is 11.6 Å². The zero-order valence-electron chi connectivity index (χ0n) is 10.0. The summed E-state index contributed by atoms with van der Waals surface area (Å²) in [6.07, 6.45) is 0. The molecule has 1 aliphatic heterocycles.